The molecule has 10 heteroatoms. The number of nitro benzene ring substituents is 1. The van der Waals surface area contributed by atoms with Crippen LogP contribution in [0.1, 0.15) is 23.2 Å². The highest BCUT2D eigenvalue weighted by molar-refractivity contribution is 7.13. The van der Waals surface area contributed by atoms with Gasteiger partial charge in [-0.05, 0) is 12.5 Å². The number of halogens is 1. The molecule has 25 heavy (non-hydrogen) atoms. The molecule has 0 atom stereocenters. The van der Waals surface area contributed by atoms with Gasteiger partial charge in [0.15, 0.2) is 5.13 Å². The Morgan fingerprint density at radius 2 is 2.28 bits per heavy atom. The average molecular weight is 381 g/mol. The van der Waals surface area contributed by atoms with Gasteiger partial charge in [0.1, 0.15) is 6.67 Å². The lowest BCUT2D eigenvalue weighted by Crippen LogP contribution is -2.42. The van der Waals surface area contributed by atoms with Crippen molar-refractivity contribution < 1.29 is 14.5 Å². The number of hydrogen-bond acceptors (Lipinski definition) is 6. The summed E-state index contributed by atoms with van der Waals surface area (Å²) in [6, 6.07) is 3.68. The van der Waals surface area contributed by atoms with E-state index in [9.17, 15) is 19.7 Å². The predicted octanol–water partition coefficient (Wildman–Crippen LogP) is 2.93. The smallest absolute Gasteiger partial charge is 0.270 e. The molecule has 2 aromatic rings. The fourth-order valence-electron chi connectivity index (χ4n) is 2.52. The molecule has 2 heterocycles. The molecule has 1 saturated heterocycles. The van der Waals surface area contributed by atoms with Crippen LogP contribution in [0.2, 0.25) is 5.02 Å². The summed E-state index contributed by atoms with van der Waals surface area (Å²) in [5.41, 5.74) is -0.234. The highest BCUT2D eigenvalue weighted by Crippen LogP contribution is 2.27. The zero-order chi connectivity index (χ0) is 18.0. The van der Waals surface area contributed by atoms with Gasteiger partial charge in [-0.2, -0.15) is 0 Å². The van der Waals surface area contributed by atoms with Crippen molar-refractivity contribution in [3.8, 4) is 0 Å². The minimum absolute atomic E-state index is 0.00212. The first-order chi connectivity index (χ1) is 12.0. The summed E-state index contributed by atoms with van der Waals surface area (Å²) in [5, 5.41) is 13.2. The third-order valence-electron chi connectivity index (χ3n) is 3.77. The number of nitro groups is 1. The molecule has 1 aromatic heterocycles. The maximum atomic E-state index is 13.0. The van der Waals surface area contributed by atoms with Crippen molar-refractivity contribution in [2.45, 2.75) is 12.8 Å². The minimum Gasteiger partial charge on any atom is -0.324 e. The topological polar surface area (TPSA) is 96.7 Å². The summed E-state index contributed by atoms with van der Waals surface area (Å²) in [6.45, 7) is 0.584. The zero-order valence-electron chi connectivity index (χ0n) is 12.9. The summed E-state index contributed by atoms with van der Waals surface area (Å²) in [6.07, 6.45) is 2.72. The number of benzene rings is 1. The van der Waals surface area contributed by atoms with Crippen LogP contribution < -0.4 is 4.90 Å². The second kappa shape index (κ2) is 7.16. The summed E-state index contributed by atoms with van der Waals surface area (Å²) in [7, 11) is 0. The van der Waals surface area contributed by atoms with Crippen LogP contribution in [0.5, 0.6) is 0 Å². The zero-order valence-corrected chi connectivity index (χ0v) is 14.5. The Labute approximate surface area is 151 Å². The summed E-state index contributed by atoms with van der Waals surface area (Å²) in [4.78, 5) is 42.3. The van der Waals surface area contributed by atoms with Crippen molar-refractivity contribution in [3.63, 3.8) is 0 Å². The lowest BCUT2D eigenvalue weighted by molar-refractivity contribution is -0.384. The van der Waals surface area contributed by atoms with Crippen LogP contribution in [0, 0.1) is 10.1 Å². The van der Waals surface area contributed by atoms with Crippen LogP contribution in [-0.4, -0.2) is 39.8 Å². The number of non-ortho nitro benzene ring substituents is 1. The van der Waals surface area contributed by atoms with E-state index >= 15 is 0 Å². The monoisotopic (exact) mass is 380 g/mol. The normalized spacial score (nSPS) is 14.0. The fraction of sp³-hybridized carbons (Fsp3) is 0.267. The van der Waals surface area contributed by atoms with E-state index in [1.54, 1.807) is 16.5 Å². The Morgan fingerprint density at radius 3 is 2.88 bits per heavy atom. The van der Waals surface area contributed by atoms with E-state index in [4.69, 9.17) is 11.6 Å². The van der Waals surface area contributed by atoms with Crippen LogP contribution in [-0.2, 0) is 4.79 Å². The Bertz CT molecular complexity index is 827. The van der Waals surface area contributed by atoms with Crippen molar-refractivity contribution >= 4 is 45.6 Å². The van der Waals surface area contributed by atoms with Crippen LogP contribution >= 0.6 is 22.9 Å². The number of anilines is 1. The molecule has 1 fully saturated rings. The molecule has 3 rings (SSSR count). The van der Waals surface area contributed by atoms with E-state index in [1.807, 2.05) is 0 Å². The van der Waals surface area contributed by atoms with E-state index in [2.05, 4.69) is 4.98 Å². The molecule has 130 valence electrons. The molecule has 2 amide bonds. The molecule has 0 N–H and O–H groups in total. The van der Waals surface area contributed by atoms with Crippen LogP contribution in [0.25, 0.3) is 0 Å². The molecule has 1 aliphatic rings. The number of carbonyl (C=O) groups is 2. The first-order valence-corrected chi connectivity index (χ1v) is 8.66. The average Bonchev–Trinajstić information content (AvgIpc) is 3.24. The molecule has 0 unspecified atom stereocenters. The van der Waals surface area contributed by atoms with Crippen LogP contribution in [0.4, 0.5) is 10.8 Å². The van der Waals surface area contributed by atoms with Gasteiger partial charge in [-0.25, -0.2) is 4.98 Å². The molecule has 0 radical (unpaired) electrons. The van der Waals surface area contributed by atoms with Crippen molar-refractivity contribution in [3.05, 3.63) is 50.5 Å². The second-order valence-corrected chi connectivity index (χ2v) is 6.65. The summed E-state index contributed by atoms with van der Waals surface area (Å²) in [5.74, 6) is -0.581. The predicted molar refractivity (Wildman–Crippen MR) is 92.8 cm³/mol. The summed E-state index contributed by atoms with van der Waals surface area (Å²) >= 11 is 7.31. The number of hydrogen-bond donors (Lipinski definition) is 0. The van der Waals surface area contributed by atoms with Gasteiger partial charge >= 0.3 is 0 Å². The number of rotatable bonds is 5. The van der Waals surface area contributed by atoms with Gasteiger partial charge in [-0.15, -0.1) is 11.3 Å². The molecule has 8 nitrogen and oxygen atoms in total. The van der Waals surface area contributed by atoms with Gasteiger partial charge in [0.25, 0.3) is 11.6 Å². The maximum absolute atomic E-state index is 13.0. The Balaban J connectivity index is 1.95. The SMILES string of the molecule is O=C1CCCN1CN(C(=O)c1cc([N+](=O)[O-])ccc1Cl)c1nccs1. The van der Waals surface area contributed by atoms with Gasteiger partial charge < -0.3 is 4.90 Å². The van der Waals surface area contributed by atoms with E-state index in [0.717, 1.165) is 12.5 Å². The van der Waals surface area contributed by atoms with Crippen molar-refractivity contribution in [2.24, 2.45) is 0 Å². The van der Waals surface area contributed by atoms with Gasteiger partial charge in [0.05, 0.1) is 15.5 Å². The number of nitrogens with zero attached hydrogens (tertiary/aromatic N) is 4. The first kappa shape index (κ1) is 17.3. The summed E-state index contributed by atoms with van der Waals surface area (Å²) < 4.78 is 0. The van der Waals surface area contributed by atoms with Crippen molar-refractivity contribution in [2.75, 3.05) is 18.1 Å². The number of thiazole rings is 1. The van der Waals surface area contributed by atoms with Crippen molar-refractivity contribution in [1.29, 1.82) is 0 Å². The number of aromatic nitrogens is 1. The third-order valence-corrected chi connectivity index (χ3v) is 4.89. The van der Waals surface area contributed by atoms with Gasteiger partial charge in [0, 0.05) is 36.7 Å². The molecule has 0 aliphatic carbocycles. The molecule has 1 aromatic carbocycles. The maximum Gasteiger partial charge on any atom is 0.270 e. The lowest BCUT2D eigenvalue weighted by atomic mass is 10.2. The third kappa shape index (κ3) is 3.62. The number of amides is 2. The molecule has 1 aliphatic heterocycles. The standard InChI is InChI=1S/C15H13ClN4O4S/c16-12-4-3-10(20(23)24)8-11(12)14(22)19(15-17-5-7-25-15)9-18-6-1-2-13(18)21/h3-5,7-8H,1-2,6,9H2. The largest absolute Gasteiger partial charge is 0.324 e. The number of carbonyl (C=O) groups excluding carboxylic acids is 2. The van der Waals surface area contributed by atoms with Crippen LogP contribution in [0.3, 0.4) is 0 Å². The minimum atomic E-state index is -0.592. The van der Waals surface area contributed by atoms with Crippen LogP contribution in [0.15, 0.2) is 29.8 Å². The number of likely N-dealkylation sites (tertiary alicyclic amines) is 1. The Hall–Kier alpha value is -2.52. The van der Waals surface area contributed by atoms with Gasteiger partial charge in [0.2, 0.25) is 5.91 Å². The van der Waals surface area contributed by atoms with Gasteiger partial charge in [-0.1, -0.05) is 11.6 Å². The fourth-order valence-corrected chi connectivity index (χ4v) is 3.35. The van der Waals surface area contributed by atoms with E-state index in [1.165, 1.54) is 28.4 Å². The second-order valence-electron chi connectivity index (χ2n) is 5.37. The lowest BCUT2D eigenvalue weighted by Gasteiger charge is -2.26. The molecule has 0 saturated carbocycles. The van der Waals surface area contributed by atoms with Crippen molar-refractivity contribution in [1.82, 2.24) is 9.88 Å². The molecule has 0 bridgehead atoms. The molecular formula is C15H13ClN4O4S. The highest BCUT2D eigenvalue weighted by Gasteiger charge is 2.29. The molecular weight excluding hydrogens is 368 g/mol. The van der Waals surface area contributed by atoms with E-state index in [-0.39, 0.29) is 28.8 Å². The molecule has 0 spiro atoms. The first-order valence-electron chi connectivity index (χ1n) is 7.40. The highest BCUT2D eigenvalue weighted by atomic mass is 35.5. The Kier molecular flexibility index (Phi) is 4.95. The quantitative estimate of drug-likeness (QED) is 0.586. The van der Waals surface area contributed by atoms with E-state index in [0.29, 0.717) is 18.1 Å². The van der Waals surface area contributed by atoms with E-state index < -0.39 is 10.8 Å². The Morgan fingerprint density at radius 1 is 1.48 bits per heavy atom. The van der Waals surface area contributed by atoms with Gasteiger partial charge in [-0.3, -0.25) is 24.6 Å².